The molecule has 2 rings (SSSR count). The molecule has 0 aliphatic rings. The van der Waals surface area contributed by atoms with Crippen LogP contribution in [-0.4, -0.2) is 31.0 Å². The number of amides is 1. The van der Waals surface area contributed by atoms with Gasteiger partial charge in [-0.05, 0) is 14.0 Å². The molecule has 5 heteroatoms. The second-order valence-corrected chi connectivity index (χ2v) is 6.67. The third-order valence-electron chi connectivity index (χ3n) is 3.48. The van der Waals surface area contributed by atoms with Crippen molar-refractivity contribution in [3.8, 4) is 11.3 Å². The van der Waals surface area contributed by atoms with Crippen molar-refractivity contribution in [1.29, 1.82) is 0 Å². The lowest BCUT2D eigenvalue weighted by Gasteiger charge is -2.10. The van der Waals surface area contributed by atoms with Crippen molar-refractivity contribution in [3.05, 3.63) is 40.2 Å². The highest BCUT2D eigenvalue weighted by Gasteiger charge is 2.12. The second kappa shape index (κ2) is 8.06. The van der Waals surface area contributed by atoms with Crippen LogP contribution >= 0.6 is 11.3 Å². The summed E-state index contributed by atoms with van der Waals surface area (Å²) in [6, 6.07) is 10.2. The summed E-state index contributed by atoms with van der Waals surface area (Å²) in [5.74, 6) is 0.0776. The maximum atomic E-state index is 11.8. The van der Waals surface area contributed by atoms with Crippen LogP contribution in [0.1, 0.15) is 16.8 Å². The molecule has 0 aliphatic heterocycles. The van der Waals surface area contributed by atoms with Crippen LogP contribution in [0.4, 0.5) is 0 Å². The van der Waals surface area contributed by atoms with E-state index in [1.54, 1.807) is 11.3 Å². The van der Waals surface area contributed by atoms with Crippen LogP contribution in [0.25, 0.3) is 11.3 Å². The van der Waals surface area contributed by atoms with Crippen molar-refractivity contribution >= 4 is 17.2 Å². The first-order valence-corrected chi connectivity index (χ1v) is 8.37. The van der Waals surface area contributed by atoms with Gasteiger partial charge in [-0.2, -0.15) is 0 Å². The van der Waals surface area contributed by atoms with Crippen LogP contribution in [0.2, 0.25) is 0 Å². The van der Waals surface area contributed by atoms with Crippen molar-refractivity contribution in [1.82, 2.24) is 15.6 Å². The topological polar surface area (TPSA) is 54.0 Å². The molecule has 0 saturated heterocycles. The number of benzene rings is 1. The van der Waals surface area contributed by atoms with E-state index in [1.165, 1.54) is 4.88 Å². The number of rotatable bonds is 7. The summed E-state index contributed by atoms with van der Waals surface area (Å²) in [6.07, 6.45) is 0.774. The first-order chi connectivity index (χ1) is 10.6. The quantitative estimate of drug-likeness (QED) is 0.825. The highest BCUT2D eigenvalue weighted by molar-refractivity contribution is 7.12. The molecule has 0 aliphatic carbocycles. The molecule has 0 saturated carbocycles. The number of nitrogens with zero attached hydrogens (tertiary/aromatic N) is 1. The molecule has 0 fully saturated rings. The summed E-state index contributed by atoms with van der Waals surface area (Å²) >= 11 is 1.70. The molecular weight excluding hydrogens is 294 g/mol. The van der Waals surface area contributed by atoms with Gasteiger partial charge in [0.25, 0.3) is 0 Å². The Morgan fingerprint density at radius 3 is 2.73 bits per heavy atom. The molecule has 4 nitrogen and oxygen atoms in total. The van der Waals surface area contributed by atoms with Gasteiger partial charge >= 0.3 is 0 Å². The van der Waals surface area contributed by atoms with E-state index in [0.717, 1.165) is 22.7 Å². The average Bonchev–Trinajstić information content (AvgIpc) is 2.89. The summed E-state index contributed by atoms with van der Waals surface area (Å²) in [5.41, 5.74) is 2.20. The van der Waals surface area contributed by atoms with E-state index in [9.17, 15) is 4.79 Å². The molecular formula is C17H23N3OS. The predicted molar refractivity (Wildman–Crippen MR) is 92.1 cm³/mol. The van der Waals surface area contributed by atoms with E-state index in [2.05, 4.69) is 29.7 Å². The minimum atomic E-state index is -0.0112. The Hall–Kier alpha value is -1.72. The smallest absolute Gasteiger partial charge is 0.224 e. The van der Waals surface area contributed by atoms with Crippen molar-refractivity contribution in [2.24, 2.45) is 5.92 Å². The van der Waals surface area contributed by atoms with Crippen molar-refractivity contribution < 1.29 is 4.79 Å². The Morgan fingerprint density at radius 1 is 1.32 bits per heavy atom. The molecule has 0 spiro atoms. The van der Waals surface area contributed by atoms with E-state index in [-0.39, 0.29) is 11.8 Å². The van der Waals surface area contributed by atoms with Gasteiger partial charge in [0.1, 0.15) is 0 Å². The number of aryl methyl sites for hydroxylation is 1. The van der Waals surface area contributed by atoms with Gasteiger partial charge in [-0.25, -0.2) is 4.98 Å². The minimum Gasteiger partial charge on any atom is -0.355 e. The standard InChI is InChI=1S/C17H23N3OS/c1-12(11-18-3)17(21)19-10-9-15-20-16(13(2)22-15)14-7-5-4-6-8-14/h4-8,12,18H,9-11H2,1-3H3,(H,19,21). The number of hydrogen-bond acceptors (Lipinski definition) is 4. The molecule has 1 heterocycles. The molecule has 2 N–H and O–H groups in total. The summed E-state index contributed by atoms with van der Waals surface area (Å²) in [7, 11) is 1.85. The number of carbonyl (C=O) groups is 1. The first-order valence-electron chi connectivity index (χ1n) is 7.56. The number of nitrogens with one attached hydrogen (secondary N) is 2. The largest absolute Gasteiger partial charge is 0.355 e. The maximum Gasteiger partial charge on any atom is 0.224 e. The molecule has 1 aromatic heterocycles. The van der Waals surface area contributed by atoms with E-state index in [1.807, 2.05) is 32.2 Å². The molecule has 0 radical (unpaired) electrons. The predicted octanol–water partition coefficient (Wildman–Crippen LogP) is 2.63. The zero-order chi connectivity index (χ0) is 15.9. The Kier molecular flexibility index (Phi) is 6.10. The van der Waals surface area contributed by atoms with E-state index < -0.39 is 0 Å². The van der Waals surface area contributed by atoms with E-state index in [0.29, 0.717) is 13.1 Å². The summed E-state index contributed by atoms with van der Waals surface area (Å²) in [6.45, 7) is 5.35. The SMILES string of the molecule is CNCC(C)C(=O)NCCc1nc(-c2ccccc2)c(C)s1. The zero-order valence-corrected chi connectivity index (χ0v) is 14.2. The van der Waals surface area contributed by atoms with Gasteiger partial charge < -0.3 is 10.6 Å². The van der Waals surface area contributed by atoms with Crippen molar-refractivity contribution in [2.75, 3.05) is 20.1 Å². The van der Waals surface area contributed by atoms with Crippen LogP contribution < -0.4 is 10.6 Å². The summed E-state index contributed by atoms with van der Waals surface area (Å²) in [5, 5.41) is 7.05. The van der Waals surface area contributed by atoms with Crippen LogP contribution in [-0.2, 0) is 11.2 Å². The minimum absolute atomic E-state index is 0.0112. The molecule has 1 unspecified atom stereocenters. The van der Waals surface area contributed by atoms with Crippen LogP contribution in [0.15, 0.2) is 30.3 Å². The highest BCUT2D eigenvalue weighted by atomic mass is 32.1. The van der Waals surface area contributed by atoms with Gasteiger partial charge in [-0.15, -0.1) is 11.3 Å². The molecule has 1 atom stereocenters. The molecule has 22 heavy (non-hydrogen) atoms. The fraction of sp³-hybridized carbons (Fsp3) is 0.412. The van der Waals surface area contributed by atoms with E-state index in [4.69, 9.17) is 4.98 Å². The lowest BCUT2D eigenvalue weighted by Crippen LogP contribution is -2.35. The summed E-state index contributed by atoms with van der Waals surface area (Å²) in [4.78, 5) is 17.8. The third kappa shape index (κ3) is 4.39. The Labute approximate surface area is 136 Å². The fourth-order valence-corrected chi connectivity index (χ4v) is 3.24. The third-order valence-corrected chi connectivity index (χ3v) is 4.51. The van der Waals surface area contributed by atoms with Gasteiger partial charge in [-0.1, -0.05) is 37.3 Å². The molecule has 2 aromatic rings. The Morgan fingerprint density at radius 2 is 2.05 bits per heavy atom. The zero-order valence-electron chi connectivity index (χ0n) is 13.3. The van der Waals surface area contributed by atoms with Gasteiger partial charge in [0.05, 0.1) is 10.7 Å². The van der Waals surface area contributed by atoms with Crippen LogP contribution in [0.5, 0.6) is 0 Å². The van der Waals surface area contributed by atoms with Gasteiger partial charge in [0.15, 0.2) is 0 Å². The lowest BCUT2D eigenvalue weighted by molar-refractivity contribution is -0.124. The maximum absolute atomic E-state index is 11.8. The Balaban J connectivity index is 1.91. The monoisotopic (exact) mass is 317 g/mol. The lowest BCUT2D eigenvalue weighted by atomic mass is 10.1. The number of aromatic nitrogens is 1. The van der Waals surface area contributed by atoms with Gasteiger partial charge in [0.2, 0.25) is 5.91 Å². The first kappa shape index (κ1) is 16.6. The normalized spacial score (nSPS) is 12.1. The molecule has 118 valence electrons. The Bertz CT molecular complexity index is 610. The molecule has 0 bridgehead atoms. The number of carbonyl (C=O) groups excluding carboxylic acids is 1. The molecule has 1 aromatic carbocycles. The fourth-order valence-electron chi connectivity index (χ4n) is 2.29. The highest BCUT2D eigenvalue weighted by Crippen LogP contribution is 2.27. The summed E-state index contributed by atoms with van der Waals surface area (Å²) < 4.78 is 0. The van der Waals surface area contributed by atoms with Crippen molar-refractivity contribution in [2.45, 2.75) is 20.3 Å². The average molecular weight is 317 g/mol. The van der Waals surface area contributed by atoms with Gasteiger partial charge in [-0.3, -0.25) is 4.79 Å². The molecule has 1 amide bonds. The van der Waals surface area contributed by atoms with E-state index >= 15 is 0 Å². The van der Waals surface area contributed by atoms with Crippen LogP contribution in [0, 0.1) is 12.8 Å². The number of thiazole rings is 1. The van der Waals surface area contributed by atoms with Gasteiger partial charge in [0, 0.05) is 35.9 Å². The van der Waals surface area contributed by atoms with Crippen molar-refractivity contribution in [3.63, 3.8) is 0 Å². The van der Waals surface area contributed by atoms with Crippen LogP contribution in [0.3, 0.4) is 0 Å². The number of hydrogen-bond donors (Lipinski definition) is 2. The second-order valence-electron chi connectivity index (χ2n) is 5.38.